The van der Waals surface area contributed by atoms with Crippen LogP contribution in [-0.2, 0) is 11.3 Å². The maximum atomic E-state index is 13.8. The van der Waals surface area contributed by atoms with Crippen LogP contribution in [0.15, 0.2) is 18.2 Å². The number of rotatable bonds is 4. The Bertz CT molecular complexity index is 452. The van der Waals surface area contributed by atoms with Gasteiger partial charge in [0.15, 0.2) is 0 Å². The van der Waals surface area contributed by atoms with E-state index in [4.69, 9.17) is 16.7 Å². The van der Waals surface area contributed by atoms with E-state index in [1.807, 2.05) is 4.90 Å². The Balaban J connectivity index is 2.13. The van der Waals surface area contributed by atoms with Crippen molar-refractivity contribution in [3.05, 3.63) is 34.6 Å². The van der Waals surface area contributed by atoms with Gasteiger partial charge in [-0.3, -0.25) is 9.69 Å². The van der Waals surface area contributed by atoms with Crippen molar-refractivity contribution >= 4 is 29.3 Å². The van der Waals surface area contributed by atoms with Gasteiger partial charge in [-0.05, 0) is 12.1 Å². The Kier molecular flexibility index (Phi) is 5.07. The van der Waals surface area contributed by atoms with E-state index in [2.05, 4.69) is 0 Å². The second kappa shape index (κ2) is 6.59. The van der Waals surface area contributed by atoms with Crippen LogP contribution in [0.25, 0.3) is 0 Å². The van der Waals surface area contributed by atoms with Crippen LogP contribution in [-0.4, -0.2) is 40.1 Å². The van der Waals surface area contributed by atoms with E-state index in [0.717, 1.165) is 18.1 Å². The zero-order valence-electron chi connectivity index (χ0n) is 10.3. The molecule has 1 aliphatic rings. The third-order valence-corrected chi connectivity index (χ3v) is 4.63. The Morgan fingerprint density at radius 1 is 1.58 bits per heavy atom. The van der Waals surface area contributed by atoms with Crippen molar-refractivity contribution in [2.24, 2.45) is 0 Å². The molecule has 1 saturated heterocycles. The minimum atomic E-state index is -0.822. The van der Waals surface area contributed by atoms with Gasteiger partial charge >= 0.3 is 5.97 Å². The molecule has 0 spiro atoms. The van der Waals surface area contributed by atoms with Gasteiger partial charge in [0, 0.05) is 41.2 Å². The molecule has 1 atom stereocenters. The lowest BCUT2D eigenvalue weighted by atomic mass is 10.1. The molecule has 1 fully saturated rings. The fraction of sp³-hybridized carbons (Fsp3) is 0.462. The molecule has 1 aliphatic heterocycles. The summed E-state index contributed by atoms with van der Waals surface area (Å²) in [4.78, 5) is 12.9. The van der Waals surface area contributed by atoms with Crippen molar-refractivity contribution in [1.82, 2.24) is 4.90 Å². The van der Waals surface area contributed by atoms with Gasteiger partial charge in [0.05, 0.1) is 6.42 Å². The first-order valence-corrected chi connectivity index (χ1v) is 7.57. The van der Waals surface area contributed by atoms with Gasteiger partial charge in [-0.25, -0.2) is 4.39 Å². The summed E-state index contributed by atoms with van der Waals surface area (Å²) in [6, 6.07) is 4.55. The van der Waals surface area contributed by atoms with Crippen LogP contribution in [0.4, 0.5) is 4.39 Å². The summed E-state index contributed by atoms with van der Waals surface area (Å²) < 4.78 is 13.8. The predicted molar refractivity (Wildman–Crippen MR) is 75.2 cm³/mol. The van der Waals surface area contributed by atoms with Gasteiger partial charge in [-0.15, -0.1) is 0 Å². The highest BCUT2D eigenvalue weighted by molar-refractivity contribution is 7.99. The van der Waals surface area contributed by atoms with Gasteiger partial charge in [0.1, 0.15) is 5.82 Å². The molecule has 1 unspecified atom stereocenters. The highest BCUT2D eigenvalue weighted by Gasteiger charge is 2.26. The SMILES string of the molecule is O=C(O)CC1CSCCN1Cc1c(F)cccc1Cl. The van der Waals surface area contributed by atoms with E-state index in [1.165, 1.54) is 6.07 Å². The molecular formula is C13H15ClFNO2S. The van der Waals surface area contributed by atoms with Gasteiger partial charge in [-0.2, -0.15) is 11.8 Å². The topological polar surface area (TPSA) is 40.5 Å². The first kappa shape index (κ1) is 14.6. The lowest BCUT2D eigenvalue weighted by Crippen LogP contribution is -2.43. The molecule has 104 valence electrons. The van der Waals surface area contributed by atoms with Crippen molar-refractivity contribution in [1.29, 1.82) is 0 Å². The van der Waals surface area contributed by atoms with E-state index < -0.39 is 5.97 Å². The van der Waals surface area contributed by atoms with Crippen LogP contribution in [0.5, 0.6) is 0 Å². The third kappa shape index (κ3) is 3.84. The van der Waals surface area contributed by atoms with E-state index in [9.17, 15) is 9.18 Å². The van der Waals surface area contributed by atoms with Crippen LogP contribution in [0, 0.1) is 5.82 Å². The molecule has 0 radical (unpaired) electrons. The number of carbonyl (C=O) groups is 1. The maximum Gasteiger partial charge on any atom is 0.304 e. The van der Waals surface area contributed by atoms with E-state index >= 15 is 0 Å². The zero-order valence-corrected chi connectivity index (χ0v) is 11.9. The van der Waals surface area contributed by atoms with Gasteiger partial charge in [-0.1, -0.05) is 17.7 Å². The van der Waals surface area contributed by atoms with Crippen LogP contribution >= 0.6 is 23.4 Å². The Labute approximate surface area is 120 Å². The molecule has 1 aromatic carbocycles. The van der Waals surface area contributed by atoms with Crippen molar-refractivity contribution in [2.75, 3.05) is 18.1 Å². The van der Waals surface area contributed by atoms with Crippen LogP contribution in [0.1, 0.15) is 12.0 Å². The lowest BCUT2D eigenvalue weighted by molar-refractivity contribution is -0.138. The number of nitrogens with zero attached hydrogens (tertiary/aromatic N) is 1. The molecule has 0 bridgehead atoms. The monoisotopic (exact) mass is 303 g/mol. The quantitative estimate of drug-likeness (QED) is 0.928. The van der Waals surface area contributed by atoms with Gasteiger partial charge in [0.2, 0.25) is 0 Å². The Hall–Kier alpha value is -0.780. The fourth-order valence-corrected chi connectivity index (χ4v) is 3.53. The lowest BCUT2D eigenvalue weighted by Gasteiger charge is -2.34. The number of carboxylic acid groups (broad SMARTS) is 1. The Morgan fingerprint density at radius 2 is 2.37 bits per heavy atom. The van der Waals surface area contributed by atoms with E-state index in [1.54, 1.807) is 23.9 Å². The minimum Gasteiger partial charge on any atom is -0.481 e. The summed E-state index contributed by atoms with van der Waals surface area (Å²) in [5.41, 5.74) is 0.450. The summed E-state index contributed by atoms with van der Waals surface area (Å²) in [6.45, 7) is 1.12. The van der Waals surface area contributed by atoms with Crippen LogP contribution in [0.2, 0.25) is 5.02 Å². The first-order valence-electron chi connectivity index (χ1n) is 6.04. The highest BCUT2D eigenvalue weighted by atomic mass is 35.5. The smallest absolute Gasteiger partial charge is 0.304 e. The third-order valence-electron chi connectivity index (χ3n) is 3.18. The van der Waals surface area contributed by atoms with Crippen LogP contribution < -0.4 is 0 Å². The molecular weight excluding hydrogens is 289 g/mol. The second-order valence-electron chi connectivity index (χ2n) is 4.50. The number of halogens is 2. The van der Waals surface area contributed by atoms with Crippen molar-refractivity contribution < 1.29 is 14.3 Å². The minimum absolute atomic E-state index is 0.0630. The number of benzene rings is 1. The average Bonchev–Trinajstić information content (AvgIpc) is 2.35. The molecule has 0 amide bonds. The summed E-state index contributed by atoms with van der Waals surface area (Å²) >= 11 is 7.75. The molecule has 19 heavy (non-hydrogen) atoms. The summed E-state index contributed by atoms with van der Waals surface area (Å²) in [6.07, 6.45) is 0.0824. The van der Waals surface area contributed by atoms with Crippen molar-refractivity contribution in [2.45, 2.75) is 19.0 Å². The van der Waals surface area contributed by atoms with Crippen LogP contribution in [0.3, 0.4) is 0 Å². The zero-order chi connectivity index (χ0) is 13.8. The molecule has 0 aliphatic carbocycles. The molecule has 0 aromatic heterocycles. The van der Waals surface area contributed by atoms with Crippen molar-refractivity contribution in [3.8, 4) is 0 Å². The van der Waals surface area contributed by atoms with Gasteiger partial charge < -0.3 is 5.11 Å². The molecule has 2 rings (SSSR count). The number of aliphatic carboxylic acids is 1. The first-order chi connectivity index (χ1) is 9.08. The molecule has 1 heterocycles. The number of hydrogen-bond acceptors (Lipinski definition) is 3. The van der Waals surface area contributed by atoms with E-state index in [-0.39, 0.29) is 18.3 Å². The molecule has 0 saturated carbocycles. The molecule has 1 aromatic rings. The maximum absolute atomic E-state index is 13.8. The second-order valence-corrected chi connectivity index (χ2v) is 6.05. The summed E-state index contributed by atoms with van der Waals surface area (Å²) in [7, 11) is 0. The largest absolute Gasteiger partial charge is 0.481 e. The van der Waals surface area contributed by atoms with Crippen molar-refractivity contribution in [3.63, 3.8) is 0 Å². The van der Waals surface area contributed by atoms with Gasteiger partial charge in [0.25, 0.3) is 0 Å². The molecule has 6 heteroatoms. The standard InChI is InChI=1S/C13H15ClFNO2S/c14-11-2-1-3-12(15)10(11)7-16-4-5-19-8-9(16)6-13(17)18/h1-3,9H,4-8H2,(H,17,18). The molecule has 1 N–H and O–H groups in total. The van der Waals surface area contributed by atoms with E-state index in [0.29, 0.717) is 17.1 Å². The average molecular weight is 304 g/mol. The fourth-order valence-electron chi connectivity index (χ4n) is 2.17. The number of thioether (sulfide) groups is 1. The Morgan fingerprint density at radius 3 is 3.05 bits per heavy atom. The predicted octanol–water partition coefficient (Wildman–Crippen LogP) is 2.87. The summed E-state index contributed by atoms with van der Waals surface area (Å²) in [5.74, 6) is 0.539. The highest BCUT2D eigenvalue weighted by Crippen LogP contribution is 2.25. The number of carboxylic acids is 1. The summed E-state index contributed by atoms with van der Waals surface area (Å²) in [5, 5.41) is 9.32. The number of hydrogen-bond donors (Lipinski definition) is 1. The molecule has 3 nitrogen and oxygen atoms in total. The normalized spacial score (nSPS) is 20.4.